The monoisotopic (exact) mass is 469 g/mol. The van der Waals surface area contributed by atoms with Crippen molar-refractivity contribution in [2.45, 2.75) is 18.6 Å². The Labute approximate surface area is 202 Å². The first-order valence-corrected chi connectivity index (χ1v) is 11.6. The maximum absolute atomic E-state index is 13.5. The number of ether oxygens (including phenoxy) is 1. The molecule has 170 valence electrons. The average Bonchev–Trinajstić information content (AvgIpc) is 3.17. The smallest absolute Gasteiger partial charge is 0.269 e. The lowest BCUT2D eigenvalue weighted by Crippen LogP contribution is -2.30. The molecule has 0 spiro atoms. The van der Waals surface area contributed by atoms with Crippen molar-refractivity contribution >= 4 is 35.0 Å². The molecule has 1 heterocycles. The summed E-state index contributed by atoms with van der Waals surface area (Å²) in [5, 5.41) is 12.6. The summed E-state index contributed by atoms with van der Waals surface area (Å²) in [6.45, 7) is 2.01. The highest BCUT2D eigenvalue weighted by molar-refractivity contribution is 8.05. The Hall–Kier alpha value is -4.02. The number of anilines is 2. The van der Waals surface area contributed by atoms with E-state index < -0.39 is 11.2 Å². The van der Waals surface area contributed by atoms with E-state index in [1.54, 1.807) is 43.5 Å². The number of amides is 2. The third kappa shape index (κ3) is 4.98. The molecule has 6 nitrogen and oxygen atoms in total. The minimum absolute atomic E-state index is 0.107. The molecule has 1 fully saturated rings. The van der Waals surface area contributed by atoms with Gasteiger partial charge in [-0.3, -0.25) is 14.5 Å². The molecule has 1 saturated heterocycles. The van der Waals surface area contributed by atoms with Crippen molar-refractivity contribution in [2.24, 2.45) is 0 Å². The fourth-order valence-corrected chi connectivity index (χ4v) is 4.91. The average molecular weight is 470 g/mol. The second kappa shape index (κ2) is 10.3. The maximum atomic E-state index is 13.5. The van der Waals surface area contributed by atoms with Crippen LogP contribution in [0.15, 0.2) is 89.5 Å². The van der Waals surface area contributed by atoms with Gasteiger partial charge in [0.1, 0.15) is 22.4 Å². The minimum Gasteiger partial charge on any atom is -0.497 e. The van der Waals surface area contributed by atoms with Crippen molar-refractivity contribution < 1.29 is 14.3 Å². The summed E-state index contributed by atoms with van der Waals surface area (Å²) in [6, 6.07) is 26.0. The number of para-hydroxylation sites is 1. The number of carbonyl (C=O) groups excluding carboxylic acids is 2. The van der Waals surface area contributed by atoms with Crippen LogP contribution in [0.4, 0.5) is 11.4 Å². The van der Waals surface area contributed by atoms with Crippen LogP contribution in [-0.4, -0.2) is 24.2 Å². The molecular weight excluding hydrogens is 446 g/mol. The van der Waals surface area contributed by atoms with Crippen molar-refractivity contribution in [2.75, 3.05) is 17.3 Å². The molecule has 1 atom stereocenters. The zero-order valence-electron chi connectivity index (χ0n) is 18.8. The molecule has 0 radical (unpaired) electrons. The number of thioether (sulfide) groups is 1. The predicted octanol–water partition coefficient (Wildman–Crippen LogP) is 5.07. The van der Waals surface area contributed by atoms with Gasteiger partial charge in [0, 0.05) is 11.4 Å². The molecule has 3 aromatic carbocycles. The Balaban J connectivity index is 1.68. The number of nitrogens with one attached hydrogen (secondary N) is 1. The van der Waals surface area contributed by atoms with Gasteiger partial charge in [-0.2, -0.15) is 5.26 Å². The fraction of sp³-hybridized carbons (Fsp3) is 0.148. The van der Waals surface area contributed by atoms with Crippen LogP contribution in [0.5, 0.6) is 5.75 Å². The normalized spacial score (nSPS) is 16.7. The highest BCUT2D eigenvalue weighted by Crippen LogP contribution is 2.42. The van der Waals surface area contributed by atoms with E-state index in [2.05, 4.69) is 5.32 Å². The molecule has 1 aliphatic rings. The van der Waals surface area contributed by atoms with Crippen LogP contribution < -0.4 is 15.0 Å². The number of hydrogen-bond acceptors (Lipinski definition) is 5. The minimum atomic E-state index is -0.570. The van der Waals surface area contributed by atoms with Crippen LogP contribution in [0.1, 0.15) is 11.1 Å². The fourth-order valence-electron chi connectivity index (χ4n) is 3.61. The van der Waals surface area contributed by atoms with E-state index in [1.165, 1.54) is 16.7 Å². The first kappa shape index (κ1) is 23.1. The third-order valence-corrected chi connectivity index (χ3v) is 6.67. The van der Waals surface area contributed by atoms with E-state index in [-0.39, 0.29) is 11.5 Å². The van der Waals surface area contributed by atoms with Crippen LogP contribution in [0.2, 0.25) is 0 Å². The number of rotatable bonds is 6. The Kier molecular flexibility index (Phi) is 7.00. The summed E-state index contributed by atoms with van der Waals surface area (Å²) >= 11 is 1.25. The van der Waals surface area contributed by atoms with Gasteiger partial charge in [-0.25, -0.2) is 0 Å². The molecule has 0 unspecified atom stereocenters. The number of carbonyl (C=O) groups is 2. The maximum Gasteiger partial charge on any atom is 0.269 e. The van der Waals surface area contributed by atoms with Crippen molar-refractivity contribution in [3.8, 4) is 11.8 Å². The molecule has 3 aromatic rings. The number of aryl methyl sites for hydroxylation is 1. The lowest BCUT2D eigenvalue weighted by molar-refractivity contribution is -0.117. The van der Waals surface area contributed by atoms with E-state index in [4.69, 9.17) is 4.74 Å². The molecule has 2 amide bonds. The predicted molar refractivity (Wildman–Crippen MR) is 134 cm³/mol. The summed E-state index contributed by atoms with van der Waals surface area (Å²) in [4.78, 5) is 28.1. The molecule has 4 rings (SSSR count). The van der Waals surface area contributed by atoms with Crippen LogP contribution in [-0.2, 0) is 16.0 Å². The lowest BCUT2D eigenvalue weighted by Gasteiger charge is -2.18. The molecule has 0 bridgehead atoms. The molecule has 0 saturated carbocycles. The summed E-state index contributed by atoms with van der Waals surface area (Å²) in [6.07, 6.45) is 0.495. The second-order valence-electron chi connectivity index (χ2n) is 7.78. The Morgan fingerprint density at radius 1 is 1.06 bits per heavy atom. The zero-order valence-corrected chi connectivity index (χ0v) is 19.6. The van der Waals surface area contributed by atoms with Crippen LogP contribution in [0, 0.1) is 18.3 Å². The highest BCUT2D eigenvalue weighted by Gasteiger charge is 2.40. The van der Waals surface area contributed by atoms with E-state index in [9.17, 15) is 14.9 Å². The standard InChI is InChI=1S/C27H23N3O3S/c1-18-8-10-19(11-9-18)16-24-26(32)30(21-6-4-3-5-7-21)27(34-24)23(17-28)25(31)29-20-12-14-22(33-2)15-13-20/h3-15,24H,16H2,1-2H3,(H,29,31)/b27-23-/t24-/m1/s1. The number of benzene rings is 3. The Bertz CT molecular complexity index is 1260. The van der Waals surface area contributed by atoms with Gasteiger partial charge < -0.3 is 10.1 Å². The summed E-state index contributed by atoms with van der Waals surface area (Å²) in [7, 11) is 1.56. The van der Waals surface area contributed by atoms with Crippen LogP contribution in [0.25, 0.3) is 0 Å². The molecule has 0 aliphatic carbocycles. The largest absolute Gasteiger partial charge is 0.497 e. The van der Waals surface area contributed by atoms with Crippen LogP contribution >= 0.6 is 11.8 Å². The number of nitrogens with zero attached hydrogens (tertiary/aromatic N) is 2. The second-order valence-corrected chi connectivity index (χ2v) is 8.97. The van der Waals surface area contributed by atoms with Crippen molar-refractivity contribution in [3.63, 3.8) is 0 Å². The molecule has 0 aromatic heterocycles. The summed E-state index contributed by atoms with van der Waals surface area (Å²) < 4.78 is 5.14. The molecule has 7 heteroatoms. The van der Waals surface area contributed by atoms with Gasteiger partial charge in [0.15, 0.2) is 0 Å². The van der Waals surface area contributed by atoms with Gasteiger partial charge in [0.05, 0.1) is 12.4 Å². The van der Waals surface area contributed by atoms with Gasteiger partial charge in [-0.15, -0.1) is 0 Å². The van der Waals surface area contributed by atoms with Gasteiger partial charge >= 0.3 is 0 Å². The number of nitriles is 1. The van der Waals surface area contributed by atoms with Crippen molar-refractivity contribution in [3.05, 3.63) is 101 Å². The van der Waals surface area contributed by atoms with Gasteiger partial charge in [-0.05, 0) is 55.3 Å². The van der Waals surface area contributed by atoms with E-state index in [0.717, 1.165) is 11.1 Å². The number of hydrogen-bond donors (Lipinski definition) is 1. The SMILES string of the molecule is COc1ccc(NC(=O)/C(C#N)=C2\S[C@H](Cc3ccc(C)cc3)C(=O)N2c2ccccc2)cc1. The van der Waals surface area contributed by atoms with Gasteiger partial charge in [-0.1, -0.05) is 59.8 Å². The van der Waals surface area contributed by atoms with E-state index in [1.807, 2.05) is 55.5 Å². The number of methoxy groups -OCH3 is 1. The van der Waals surface area contributed by atoms with Crippen molar-refractivity contribution in [1.29, 1.82) is 5.26 Å². The zero-order chi connectivity index (χ0) is 24.1. The molecule has 1 N–H and O–H groups in total. The van der Waals surface area contributed by atoms with Gasteiger partial charge in [0.25, 0.3) is 5.91 Å². The molecule has 1 aliphatic heterocycles. The van der Waals surface area contributed by atoms with Gasteiger partial charge in [0.2, 0.25) is 5.91 Å². The lowest BCUT2D eigenvalue weighted by atomic mass is 10.1. The topological polar surface area (TPSA) is 82.4 Å². The summed E-state index contributed by atoms with van der Waals surface area (Å²) in [5.41, 5.74) is 3.20. The van der Waals surface area contributed by atoms with E-state index >= 15 is 0 Å². The van der Waals surface area contributed by atoms with E-state index in [0.29, 0.717) is 28.6 Å². The highest BCUT2D eigenvalue weighted by atomic mass is 32.2. The van der Waals surface area contributed by atoms with Crippen LogP contribution in [0.3, 0.4) is 0 Å². The third-order valence-electron chi connectivity index (χ3n) is 5.41. The molecular formula is C27H23N3O3S. The first-order chi connectivity index (χ1) is 16.5. The quantitative estimate of drug-likeness (QED) is 0.403. The first-order valence-electron chi connectivity index (χ1n) is 10.7. The Morgan fingerprint density at radius 3 is 2.35 bits per heavy atom. The Morgan fingerprint density at radius 2 is 1.74 bits per heavy atom. The molecule has 34 heavy (non-hydrogen) atoms. The summed E-state index contributed by atoms with van der Waals surface area (Å²) in [5.74, 6) is -0.0698. The van der Waals surface area contributed by atoms with Crippen molar-refractivity contribution in [1.82, 2.24) is 0 Å².